The average Bonchev–Trinajstić information content (AvgIpc) is 3.00. The van der Waals surface area contributed by atoms with Crippen LogP contribution in [-0.2, 0) is 6.42 Å². The standard InChI is InChI=1S/C14H16N2/c1-10-3-2-4-12(11-5-6-11)13(10)9-14-15-7-8-16-14/h2-4,7-8,11H,5-6,9H2,1H3,(H,15,16). The fourth-order valence-corrected chi connectivity index (χ4v) is 2.31. The van der Waals surface area contributed by atoms with E-state index >= 15 is 0 Å². The maximum Gasteiger partial charge on any atom is 0.110 e. The minimum Gasteiger partial charge on any atom is -0.348 e. The van der Waals surface area contributed by atoms with Gasteiger partial charge >= 0.3 is 0 Å². The van der Waals surface area contributed by atoms with Crippen molar-refractivity contribution in [2.45, 2.75) is 32.1 Å². The number of hydrogen-bond donors (Lipinski definition) is 1. The van der Waals surface area contributed by atoms with Gasteiger partial charge in [-0.3, -0.25) is 0 Å². The zero-order valence-electron chi connectivity index (χ0n) is 9.53. The second-order valence-corrected chi connectivity index (χ2v) is 4.63. The van der Waals surface area contributed by atoms with Gasteiger partial charge in [0, 0.05) is 18.8 Å². The number of hydrogen-bond acceptors (Lipinski definition) is 1. The van der Waals surface area contributed by atoms with Crippen LogP contribution in [0.1, 0.15) is 41.3 Å². The van der Waals surface area contributed by atoms with E-state index in [0.29, 0.717) is 0 Å². The van der Waals surface area contributed by atoms with Gasteiger partial charge in [-0.15, -0.1) is 0 Å². The quantitative estimate of drug-likeness (QED) is 0.831. The Bertz CT molecular complexity index is 481. The van der Waals surface area contributed by atoms with E-state index in [1.54, 1.807) is 0 Å². The lowest BCUT2D eigenvalue weighted by atomic mass is 9.96. The minimum absolute atomic E-state index is 0.810. The highest BCUT2D eigenvalue weighted by Gasteiger charge is 2.26. The van der Waals surface area contributed by atoms with Crippen molar-refractivity contribution in [3.05, 3.63) is 53.1 Å². The van der Waals surface area contributed by atoms with Crippen molar-refractivity contribution in [1.82, 2.24) is 9.97 Å². The molecule has 0 amide bonds. The van der Waals surface area contributed by atoms with Crippen LogP contribution in [-0.4, -0.2) is 9.97 Å². The van der Waals surface area contributed by atoms with E-state index in [0.717, 1.165) is 18.2 Å². The normalized spacial score (nSPS) is 15.3. The first-order chi connectivity index (χ1) is 7.84. The van der Waals surface area contributed by atoms with Gasteiger partial charge in [-0.1, -0.05) is 18.2 Å². The number of aryl methyl sites for hydroxylation is 1. The second kappa shape index (κ2) is 3.78. The number of aromatic nitrogens is 2. The first-order valence-electron chi connectivity index (χ1n) is 5.91. The van der Waals surface area contributed by atoms with Crippen molar-refractivity contribution in [2.24, 2.45) is 0 Å². The lowest BCUT2D eigenvalue weighted by Crippen LogP contribution is -1.99. The highest BCUT2D eigenvalue weighted by Crippen LogP contribution is 2.42. The number of rotatable bonds is 3. The molecule has 82 valence electrons. The van der Waals surface area contributed by atoms with Gasteiger partial charge < -0.3 is 4.98 Å². The molecule has 3 rings (SSSR count). The van der Waals surface area contributed by atoms with E-state index < -0.39 is 0 Å². The van der Waals surface area contributed by atoms with Crippen LogP contribution in [0.15, 0.2) is 30.6 Å². The Morgan fingerprint density at radius 1 is 1.38 bits per heavy atom. The summed E-state index contributed by atoms with van der Waals surface area (Å²) in [4.78, 5) is 7.51. The molecule has 1 aliphatic carbocycles. The molecule has 1 fully saturated rings. The molecule has 1 aromatic carbocycles. The smallest absolute Gasteiger partial charge is 0.110 e. The summed E-state index contributed by atoms with van der Waals surface area (Å²) in [6, 6.07) is 6.65. The highest BCUT2D eigenvalue weighted by atomic mass is 14.9. The van der Waals surface area contributed by atoms with Crippen LogP contribution in [0.4, 0.5) is 0 Å². The van der Waals surface area contributed by atoms with Gasteiger partial charge in [0.1, 0.15) is 5.82 Å². The van der Waals surface area contributed by atoms with Crippen LogP contribution in [0.25, 0.3) is 0 Å². The molecule has 0 radical (unpaired) electrons. The van der Waals surface area contributed by atoms with Gasteiger partial charge in [0.25, 0.3) is 0 Å². The topological polar surface area (TPSA) is 28.7 Å². The summed E-state index contributed by atoms with van der Waals surface area (Å²) < 4.78 is 0. The Labute approximate surface area is 95.7 Å². The number of nitrogens with one attached hydrogen (secondary N) is 1. The van der Waals surface area contributed by atoms with Crippen molar-refractivity contribution in [2.75, 3.05) is 0 Å². The Morgan fingerprint density at radius 2 is 2.25 bits per heavy atom. The zero-order chi connectivity index (χ0) is 11.0. The molecule has 2 aromatic rings. The molecule has 2 nitrogen and oxygen atoms in total. The predicted molar refractivity (Wildman–Crippen MR) is 64.5 cm³/mol. The molecule has 1 aromatic heterocycles. The summed E-state index contributed by atoms with van der Waals surface area (Å²) in [5.41, 5.74) is 4.40. The molecule has 0 spiro atoms. The van der Waals surface area contributed by atoms with Gasteiger partial charge in [-0.25, -0.2) is 4.98 Å². The van der Waals surface area contributed by atoms with Crippen molar-refractivity contribution in [1.29, 1.82) is 0 Å². The SMILES string of the molecule is Cc1cccc(C2CC2)c1Cc1ncc[nH]1. The number of nitrogens with zero attached hydrogens (tertiary/aromatic N) is 1. The average molecular weight is 212 g/mol. The fourth-order valence-electron chi connectivity index (χ4n) is 2.31. The fraction of sp³-hybridized carbons (Fsp3) is 0.357. The van der Waals surface area contributed by atoms with Gasteiger partial charge in [-0.05, 0) is 42.4 Å². The molecular formula is C14H16N2. The molecule has 16 heavy (non-hydrogen) atoms. The maximum absolute atomic E-state index is 4.32. The van der Waals surface area contributed by atoms with E-state index in [1.165, 1.54) is 29.5 Å². The zero-order valence-corrected chi connectivity index (χ0v) is 9.53. The predicted octanol–water partition coefficient (Wildman–Crippen LogP) is 3.19. The van der Waals surface area contributed by atoms with Gasteiger partial charge in [0.2, 0.25) is 0 Å². The van der Waals surface area contributed by atoms with E-state index in [4.69, 9.17) is 0 Å². The summed E-state index contributed by atoms with van der Waals surface area (Å²) >= 11 is 0. The molecule has 2 heteroatoms. The maximum atomic E-state index is 4.32. The van der Waals surface area contributed by atoms with Crippen LogP contribution < -0.4 is 0 Å². The third-order valence-electron chi connectivity index (χ3n) is 3.36. The Kier molecular flexibility index (Phi) is 2.28. The molecule has 1 N–H and O–H groups in total. The molecule has 0 atom stereocenters. The third kappa shape index (κ3) is 1.75. The molecule has 1 saturated carbocycles. The van der Waals surface area contributed by atoms with E-state index in [-0.39, 0.29) is 0 Å². The van der Waals surface area contributed by atoms with Crippen LogP contribution in [0, 0.1) is 6.92 Å². The van der Waals surface area contributed by atoms with Crippen LogP contribution >= 0.6 is 0 Å². The first kappa shape index (κ1) is 9.64. The van der Waals surface area contributed by atoms with Gasteiger partial charge in [-0.2, -0.15) is 0 Å². The summed E-state index contributed by atoms with van der Waals surface area (Å²) in [5.74, 6) is 1.88. The summed E-state index contributed by atoms with van der Waals surface area (Å²) in [6.45, 7) is 2.20. The van der Waals surface area contributed by atoms with E-state index in [9.17, 15) is 0 Å². The van der Waals surface area contributed by atoms with Crippen LogP contribution in [0.2, 0.25) is 0 Å². The molecule has 1 aliphatic rings. The van der Waals surface area contributed by atoms with Crippen molar-refractivity contribution in [3.8, 4) is 0 Å². The number of aromatic amines is 1. The summed E-state index contributed by atoms with van der Waals surface area (Å²) in [5, 5.41) is 0. The third-order valence-corrected chi connectivity index (χ3v) is 3.36. The molecular weight excluding hydrogens is 196 g/mol. The second-order valence-electron chi connectivity index (χ2n) is 4.63. The molecule has 1 heterocycles. The number of benzene rings is 1. The lowest BCUT2D eigenvalue weighted by molar-refractivity contribution is 0.970. The Hall–Kier alpha value is -1.57. The first-order valence-corrected chi connectivity index (χ1v) is 5.91. The lowest BCUT2D eigenvalue weighted by Gasteiger charge is -2.10. The Balaban J connectivity index is 1.97. The summed E-state index contributed by atoms with van der Waals surface area (Å²) in [7, 11) is 0. The van der Waals surface area contributed by atoms with Gasteiger partial charge in [0.15, 0.2) is 0 Å². The minimum atomic E-state index is 0.810. The largest absolute Gasteiger partial charge is 0.348 e. The van der Waals surface area contributed by atoms with Crippen LogP contribution in [0.5, 0.6) is 0 Å². The molecule has 0 bridgehead atoms. The van der Waals surface area contributed by atoms with Crippen molar-refractivity contribution < 1.29 is 0 Å². The Morgan fingerprint density at radius 3 is 2.94 bits per heavy atom. The monoisotopic (exact) mass is 212 g/mol. The number of imidazole rings is 1. The van der Waals surface area contributed by atoms with Gasteiger partial charge in [0.05, 0.1) is 0 Å². The molecule has 0 saturated heterocycles. The molecule has 0 aliphatic heterocycles. The van der Waals surface area contributed by atoms with E-state index in [1.807, 2.05) is 12.4 Å². The van der Waals surface area contributed by atoms with Crippen LogP contribution in [0.3, 0.4) is 0 Å². The number of H-pyrrole nitrogens is 1. The van der Waals surface area contributed by atoms with Crippen molar-refractivity contribution >= 4 is 0 Å². The molecule has 0 unspecified atom stereocenters. The van der Waals surface area contributed by atoms with E-state index in [2.05, 4.69) is 35.1 Å². The highest BCUT2D eigenvalue weighted by molar-refractivity contribution is 5.40. The van der Waals surface area contributed by atoms with Crippen molar-refractivity contribution in [3.63, 3.8) is 0 Å². The summed E-state index contributed by atoms with van der Waals surface area (Å²) in [6.07, 6.45) is 7.36.